The van der Waals surface area contributed by atoms with Gasteiger partial charge in [0.1, 0.15) is 11.3 Å². The second-order valence-electron chi connectivity index (χ2n) is 8.89. The van der Waals surface area contributed by atoms with Crippen LogP contribution in [-0.2, 0) is 0 Å². The van der Waals surface area contributed by atoms with E-state index < -0.39 is 0 Å². The summed E-state index contributed by atoms with van der Waals surface area (Å²) in [5.41, 5.74) is 4.72. The van der Waals surface area contributed by atoms with Crippen molar-refractivity contribution in [1.29, 1.82) is 0 Å². The zero-order valence-electron chi connectivity index (χ0n) is 18.7. The fourth-order valence-electron chi connectivity index (χ4n) is 4.93. The minimum atomic E-state index is 0.0148. The topological polar surface area (TPSA) is 74.5 Å². The Morgan fingerprint density at radius 1 is 0.970 bits per heavy atom. The second-order valence-corrected chi connectivity index (χ2v) is 8.89. The SMILES string of the molecule is CC(C)Nc1cc(N2CCN(c3ccccn3)CC2)c2noc3c2c1C(=O)c1ccccc1-3. The summed E-state index contributed by atoms with van der Waals surface area (Å²) in [6, 6.07) is 15.9. The van der Waals surface area contributed by atoms with Crippen molar-refractivity contribution in [2.75, 3.05) is 41.3 Å². The summed E-state index contributed by atoms with van der Waals surface area (Å²) in [5.74, 6) is 1.69. The average Bonchev–Trinajstić information content (AvgIpc) is 3.28. The van der Waals surface area contributed by atoms with Gasteiger partial charge in [0, 0.05) is 55.2 Å². The molecule has 1 fully saturated rings. The van der Waals surface area contributed by atoms with Crippen molar-refractivity contribution >= 4 is 33.9 Å². The highest BCUT2D eigenvalue weighted by molar-refractivity contribution is 6.28. The molecule has 33 heavy (non-hydrogen) atoms. The van der Waals surface area contributed by atoms with Gasteiger partial charge in [-0.25, -0.2) is 4.98 Å². The molecule has 7 nitrogen and oxygen atoms in total. The molecule has 0 saturated carbocycles. The molecule has 2 aromatic heterocycles. The fourth-order valence-corrected chi connectivity index (χ4v) is 4.93. The molecule has 2 aliphatic rings. The van der Waals surface area contributed by atoms with E-state index in [1.807, 2.05) is 48.7 Å². The minimum Gasteiger partial charge on any atom is -0.382 e. The number of hydrogen-bond acceptors (Lipinski definition) is 7. The van der Waals surface area contributed by atoms with Crippen molar-refractivity contribution in [1.82, 2.24) is 10.1 Å². The number of aromatic nitrogens is 2. The number of nitrogens with one attached hydrogen (secondary N) is 1. The van der Waals surface area contributed by atoms with Crippen LogP contribution >= 0.6 is 0 Å². The van der Waals surface area contributed by atoms with Crippen molar-refractivity contribution < 1.29 is 9.32 Å². The van der Waals surface area contributed by atoms with Gasteiger partial charge in [0.15, 0.2) is 11.5 Å². The van der Waals surface area contributed by atoms with Gasteiger partial charge >= 0.3 is 0 Å². The van der Waals surface area contributed by atoms with E-state index in [2.05, 4.69) is 45.2 Å². The van der Waals surface area contributed by atoms with Crippen LogP contribution in [0.2, 0.25) is 0 Å². The largest absolute Gasteiger partial charge is 0.382 e. The number of fused-ring (bicyclic) bond motifs is 2. The molecule has 1 saturated heterocycles. The first-order chi connectivity index (χ1) is 16.1. The summed E-state index contributed by atoms with van der Waals surface area (Å²) in [5, 5.41) is 8.79. The zero-order valence-corrected chi connectivity index (χ0v) is 18.7. The second kappa shape index (κ2) is 7.62. The van der Waals surface area contributed by atoms with Gasteiger partial charge in [-0.05, 0) is 32.0 Å². The molecule has 6 rings (SSSR count). The number of piperazine rings is 1. The van der Waals surface area contributed by atoms with Crippen molar-refractivity contribution in [2.45, 2.75) is 19.9 Å². The molecule has 1 N–H and O–H groups in total. The van der Waals surface area contributed by atoms with Gasteiger partial charge < -0.3 is 19.6 Å². The molecule has 0 radical (unpaired) electrons. The van der Waals surface area contributed by atoms with E-state index in [9.17, 15) is 4.79 Å². The van der Waals surface area contributed by atoms with Crippen LogP contribution in [0.4, 0.5) is 17.2 Å². The van der Waals surface area contributed by atoms with Crippen LogP contribution in [0.5, 0.6) is 0 Å². The van der Waals surface area contributed by atoms with Gasteiger partial charge in [-0.3, -0.25) is 4.79 Å². The van der Waals surface area contributed by atoms with E-state index >= 15 is 0 Å². The van der Waals surface area contributed by atoms with Crippen LogP contribution in [0.25, 0.3) is 22.2 Å². The van der Waals surface area contributed by atoms with Gasteiger partial charge in [-0.2, -0.15) is 0 Å². The van der Waals surface area contributed by atoms with Crippen LogP contribution in [0.1, 0.15) is 29.8 Å². The Bertz CT molecular complexity index is 1350. The summed E-state index contributed by atoms with van der Waals surface area (Å²) in [7, 11) is 0. The smallest absolute Gasteiger partial charge is 0.196 e. The summed E-state index contributed by atoms with van der Waals surface area (Å²) >= 11 is 0. The van der Waals surface area contributed by atoms with Crippen LogP contribution in [-0.4, -0.2) is 48.1 Å². The highest BCUT2D eigenvalue weighted by atomic mass is 16.5. The van der Waals surface area contributed by atoms with Crippen LogP contribution < -0.4 is 15.1 Å². The third-order valence-electron chi connectivity index (χ3n) is 6.42. The number of carbonyl (C=O) groups excluding carboxylic acids is 1. The number of hydrogen-bond donors (Lipinski definition) is 1. The van der Waals surface area contributed by atoms with E-state index in [0.717, 1.165) is 59.8 Å². The molecule has 3 heterocycles. The Balaban J connectivity index is 1.45. The predicted molar refractivity (Wildman–Crippen MR) is 130 cm³/mol. The molecule has 1 aliphatic heterocycles. The monoisotopic (exact) mass is 439 g/mol. The fraction of sp³-hybridized carbons (Fsp3) is 0.269. The highest BCUT2D eigenvalue weighted by Crippen LogP contribution is 2.46. The predicted octanol–water partition coefficient (Wildman–Crippen LogP) is 4.58. The number of benzene rings is 2. The first kappa shape index (κ1) is 19.8. The highest BCUT2D eigenvalue weighted by Gasteiger charge is 2.34. The Morgan fingerprint density at radius 2 is 1.70 bits per heavy atom. The van der Waals surface area contributed by atoms with Gasteiger partial charge in [0.25, 0.3) is 0 Å². The van der Waals surface area contributed by atoms with Gasteiger partial charge in [0.2, 0.25) is 0 Å². The number of anilines is 3. The molecular formula is C26H25N5O2. The summed E-state index contributed by atoms with van der Waals surface area (Å²) < 4.78 is 5.88. The van der Waals surface area contributed by atoms with E-state index in [1.54, 1.807) is 0 Å². The maximum atomic E-state index is 13.5. The summed E-state index contributed by atoms with van der Waals surface area (Å²) in [6.07, 6.45) is 1.83. The lowest BCUT2D eigenvalue weighted by Crippen LogP contribution is -2.47. The molecule has 0 atom stereocenters. The standard InChI is InChI=1S/C26H25N5O2/c1-16(2)28-19-15-20(30-11-13-31(14-12-30)21-9-5-6-10-27-21)24-23-22(19)25(32)17-7-3-4-8-18(17)26(23)33-29-24/h3-10,15-16,28H,11-14H2,1-2H3. The lowest BCUT2D eigenvalue weighted by molar-refractivity contribution is 0.104. The Hall–Kier alpha value is -3.87. The van der Waals surface area contributed by atoms with E-state index in [0.29, 0.717) is 16.9 Å². The van der Waals surface area contributed by atoms with Crippen molar-refractivity contribution in [3.8, 4) is 11.3 Å². The molecule has 0 unspecified atom stereocenters. The van der Waals surface area contributed by atoms with Crippen LogP contribution in [0, 0.1) is 0 Å². The van der Waals surface area contributed by atoms with E-state index in [4.69, 9.17) is 4.52 Å². The van der Waals surface area contributed by atoms with E-state index in [1.165, 1.54) is 0 Å². The van der Waals surface area contributed by atoms with Crippen molar-refractivity contribution in [3.05, 3.63) is 65.9 Å². The number of carbonyl (C=O) groups is 1. The number of pyridine rings is 1. The third-order valence-corrected chi connectivity index (χ3v) is 6.42. The Labute approximate surface area is 192 Å². The zero-order chi connectivity index (χ0) is 22.5. The molecule has 1 aliphatic carbocycles. The quantitative estimate of drug-likeness (QED) is 0.439. The van der Waals surface area contributed by atoms with Gasteiger partial charge in [-0.1, -0.05) is 35.5 Å². The normalized spacial score (nSPS) is 15.3. The third kappa shape index (κ3) is 3.15. The first-order valence-corrected chi connectivity index (χ1v) is 11.4. The lowest BCUT2D eigenvalue weighted by atomic mass is 9.86. The molecule has 0 spiro atoms. The number of ketones is 1. The van der Waals surface area contributed by atoms with Crippen molar-refractivity contribution in [2.24, 2.45) is 0 Å². The van der Waals surface area contributed by atoms with Gasteiger partial charge in [-0.15, -0.1) is 0 Å². The van der Waals surface area contributed by atoms with Crippen molar-refractivity contribution in [3.63, 3.8) is 0 Å². The lowest BCUT2D eigenvalue weighted by Gasteiger charge is -2.37. The maximum absolute atomic E-state index is 13.5. The molecule has 7 heteroatoms. The van der Waals surface area contributed by atoms with Gasteiger partial charge in [0.05, 0.1) is 16.6 Å². The minimum absolute atomic E-state index is 0.0148. The summed E-state index contributed by atoms with van der Waals surface area (Å²) in [4.78, 5) is 22.7. The Morgan fingerprint density at radius 3 is 2.42 bits per heavy atom. The first-order valence-electron chi connectivity index (χ1n) is 11.4. The number of rotatable bonds is 4. The molecule has 4 aromatic rings. The van der Waals surface area contributed by atoms with Crippen LogP contribution in [0.15, 0.2) is 59.3 Å². The Kier molecular flexibility index (Phi) is 4.57. The molecule has 0 amide bonds. The molecule has 0 bridgehead atoms. The number of nitrogens with zero attached hydrogens (tertiary/aromatic N) is 4. The average molecular weight is 440 g/mol. The molecule has 166 valence electrons. The molecular weight excluding hydrogens is 414 g/mol. The molecule has 2 aromatic carbocycles. The van der Waals surface area contributed by atoms with E-state index in [-0.39, 0.29) is 11.8 Å². The maximum Gasteiger partial charge on any atom is 0.196 e. The van der Waals surface area contributed by atoms with Crippen LogP contribution in [0.3, 0.4) is 0 Å². The summed E-state index contributed by atoms with van der Waals surface area (Å²) in [6.45, 7) is 7.55.